The van der Waals surface area contributed by atoms with Gasteiger partial charge >= 0.3 is 0 Å². The Morgan fingerprint density at radius 2 is 1.79 bits per heavy atom. The van der Waals surface area contributed by atoms with Gasteiger partial charge in [-0.15, -0.1) is 0 Å². The summed E-state index contributed by atoms with van der Waals surface area (Å²) in [6.07, 6.45) is 7.83. The number of pyridine rings is 3. The van der Waals surface area contributed by atoms with Crippen LogP contribution in [0.3, 0.4) is 0 Å². The molecule has 0 aromatic carbocycles. The lowest BCUT2D eigenvalue weighted by molar-refractivity contribution is 0.0992. The molecule has 0 aliphatic heterocycles. The van der Waals surface area contributed by atoms with E-state index in [2.05, 4.69) is 20.1 Å². The summed E-state index contributed by atoms with van der Waals surface area (Å²) in [4.78, 5) is 25.4. The molecule has 4 aromatic rings. The van der Waals surface area contributed by atoms with Gasteiger partial charge in [0.25, 0.3) is 0 Å². The van der Waals surface area contributed by atoms with Crippen molar-refractivity contribution in [2.24, 2.45) is 0 Å². The predicted molar refractivity (Wildman–Crippen MR) is 103 cm³/mol. The number of carbonyl (C=O) groups is 1. The molecule has 0 fully saturated rings. The summed E-state index contributed by atoms with van der Waals surface area (Å²) in [5, 5.41) is 4.13. The van der Waals surface area contributed by atoms with Gasteiger partial charge in [-0.25, -0.2) is 9.50 Å². The lowest BCUT2D eigenvalue weighted by Gasteiger charge is -2.09. The first-order valence-electron chi connectivity index (χ1n) is 8.68. The highest BCUT2D eigenvalue weighted by Crippen LogP contribution is 2.26. The van der Waals surface area contributed by atoms with Gasteiger partial charge in [0.05, 0.1) is 51.0 Å². The fourth-order valence-corrected chi connectivity index (χ4v) is 2.76. The van der Waals surface area contributed by atoms with Crippen LogP contribution < -0.4 is 14.2 Å². The van der Waals surface area contributed by atoms with Crippen LogP contribution in [0, 0.1) is 0 Å². The Morgan fingerprint density at radius 1 is 0.966 bits per heavy atom. The Balaban J connectivity index is 1.64. The van der Waals surface area contributed by atoms with E-state index in [1.54, 1.807) is 63.3 Å². The van der Waals surface area contributed by atoms with Gasteiger partial charge in [-0.3, -0.25) is 14.8 Å². The number of ether oxygens (including phenoxy) is 3. The third kappa shape index (κ3) is 3.98. The monoisotopic (exact) mass is 391 g/mol. The second-order valence-corrected chi connectivity index (χ2v) is 6.07. The summed E-state index contributed by atoms with van der Waals surface area (Å²) >= 11 is 0. The first-order chi connectivity index (χ1) is 14.2. The van der Waals surface area contributed by atoms with Crippen molar-refractivity contribution in [2.45, 2.75) is 6.42 Å². The van der Waals surface area contributed by atoms with Crippen LogP contribution in [0.15, 0.2) is 55.4 Å². The van der Waals surface area contributed by atoms with Gasteiger partial charge < -0.3 is 14.2 Å². The highest BCUT2D eigenvalue weighted by molar-refractivity contribution is 6.02. The molecule has 29 heavy (non-hydrogen) atoms. The largest absolute Gasteiger partial charge is 0.495 e. The van der Waals surface area contributed by atoms with Crippen molar-refractivity contribution in [2.75, 3.05) is 14.2 Å². The van der Waals surface area contributed by atoms with Crippen molar-refractivity contribution in [3.63, 3.8) is 0 Å². The molecule has 4 rings (SSSR count). The lowest BCUT2D eigenvalue weighted by atomic mass is 10.1. The molecular formula is C20H17N5O4. The molecule has 0 amide bonds. The van der Waals surface area contributed by atoms with Crippen molar-refractivity contribution in [3.05, 3.63) is 66.6 Å². The van der Waals surface area contributed by atoms with Gasteiger partial charge in [0, 0.05) is 11.8 Å². The number of fused-ring (bicyclic) bond motifs is 1. The van der Waals surface area contributed by atoms with E-state index >= 15 is 0 Å². The van der Waals surface area contributed by atoms with E-state index in [0.717, 1.165) is 0 Å². The van der Waals surface area contributed by atoms with Crippen molar-refractivity contribution in [1.82, 2.24) is 24.6 Å². The molecule has 9 nitrogen and oxygen atoms in total. The highest BCUT2D eigenvalue weighted by atomic mass is 16.5. The number of ketones is 1. The van der Waals surface area contributed by atoms with Gasteiger partial charge in [0.1, 0.15) is 29.3 Å². The van der Waals surface area contributed by atoms with Crippen molar-refractivity contribution in [1.29, 1.82) is 0 Å². The van der Waals surface area contributed by atoms with Gasteiger partial charge in [0.2, 0.25) is 0 Å². The molecule has 0 saturated heterocycles. The van der Waals surface area contributed by atoms with Crippen LogP contribution in [0.2, 0.25) is 0 Å². The standard InChI is InChI=1S/C20H17N5O4/c1-27-14-4-3-13(22-10-14)5-19(26)18-7-17(11-25-20(18)23-12-24-25)29-16-6-15(28-2)8-21-9-16/h3-4,6-12H,5H2,1-2H3. The Kier molecular flexibility index (Phi) is 5.02. The number of Topliss-reactive ketones (excluding diaryl/α,β-unsaturated/α-hetero) is 1. The van der Waals surface area contributed by atoms with E-state index in [1.807, 2.05) is 0 Å². The van der Waals surface area contributed by atoms with E-state index in [0.29, 0.717) is 39.9 Å². The highest BCUT2D eigenvalue weighted by Gasteiger charge is 2.16. The Labute approximate surface area is 165 Å². The SMILES string of the molecule is COc1ccc(CC(=O)c2cc(Oc3cncc(OC)c3)cn3ncnc23)nc1. The van der Waals surface area contributed by atoms with E-state index in [4.69, 9.17) is 14.2 Å². The molecule has 0 N–H and O–H groups in total. The van der Waals surface area contributed by atoms with Crippen molar-refractivity contribution >= 4 is 11.4 Å². The third-order valence-electron chi connectivity index (χ3n) is 4.18. The molecular weight excluding hydrogens is 374 g/mol. The van der Waals surface area contributed by atoms with E-state index in [9.17, 15) is 4.79 Å². The predicted octanol–water partition coefficient (Wildman–Crippen LogP) is 2.75. The Hall–Kier alpha value is -4.01. The number of carbonyl (C=O) groups excluding carboxylic acids is 1. The minimum Gasteiger partial charge on any atom is -0.495 e. The molecule has 4 heterocycles. The minimum absolute atomic E-state index is 0.108. The number of nitrogens with zero attached hydrogens (tertiary/aromatic N) is 5. The van der Waals surface area contributed by atoms with E-state index < -0.39 is 0 Å². The summed E-state index contributed by atoms with van der Waals surface area (Å²) in [5.41, 5.74) is 1.45. The van der Waals surface area contributed by atoms with E-state index in [1.165, 1.54) is 10.8 Å². The van der Waals surface area contributed by atoms with Gasteiger partial charge in [0.15, 0.2) is 11.4 Å². The maximum Gasteiger partial charge on any atom is 0.172 e. The average molecular weight is 391 g/mol. The molecule has 146 valence electrons. The number of hydrogen-bond donors (Lipinski definition) is 0. The first kappa shape index (κ1) is 18.4. The zero-order chi connectivity index (χ0) is 20.2. The van der Waals surface area contributed by atoms with Crippen LogP contribution in [0.4, 0.5) is 0 Å². The molecule has 0 aliphatic carbocycles. The van der Waals surface area contributed by atoms with E-state index in [-0.39, 0.29) is 12.2 Å². The molecule has 4 aromatic heterocycles. The summed E-state index contributed by atoms with van der Waals surface area (Å²) in [6.45, 7) is 0. The smallest absolute Gasteiger partial charge is 0.172 e. The molecule has 9 heteroatoms. The van der Waals surface area contributed by atoms with Crippen molar-refractivity contribution in [3.8, 4) is 23.0 Å². The molecule has 0 radical (unpaired) electrons. The maximum absolute atomic E-state index is 12.9. The summed E-state index contributed by atoms with van der Waals surface area (Å²) < 4.78 is 17.6. The van der Waals surface area contributed by atoms with Crippen LogP contribution in [0.5, 0.6) is 23.0 Å². The van der Waals surface area contributed by atoms with Crippen LogP contribution >= 0.6 is 0 Å². The topological polar surface area (TPSA) is 101 Å². The maximum atomic E-state index is 12.9. The van der Waals surface area contributed by atoms with Gasteiger partial charge in [-0.05, 0) is 18.2 Å². The van der Waals surface area contributed by atoms with Gasteiger partial charge in [-0.2, -0.15) is 5.10 Å². The first-order valence-corrected chi connectivity index (χ1v) is 8.68. The molecule has 0 bridgehead atoms. The molecule has 0 unspecified atom stereocenters. The lowest BCUT2D eigenvalue weighted by Crippen LogP contribution is -2.08. The van der Waals surface area contributed by atoms with Crippen molar-refractivity contribution < 1.29 is 19.0 Å². The third-order valence-corrected chi connectivity index (χ3v) is 4.18. The zero-order valence-electron chi connectivity index (χ0n) is 15.8. The average Bonchev–Trinajstić information content (AvgIpc) is 3.22. The van der Waals surface area contributed by atoms with Crippen LogP contribution in [0.1, 0.15) is 16.1 Å². The second-order valence-electron chi connectivity index (χ2n) is 6.07. The number of rotatable bonds is 7. The van der Waals surface area contributed by atoms with Gasteiger partial charge in [-0.1, -0.05) is 0 Å². The molecule has 0 saturated carbocycles. The van der Waals surface area contributed by atoms with Crippen LogP contribution in [0.25, 0.3) is 5.65 Å². The second kappa shape index (κ2) is 7.93. The zero-order valence-corrected chi connectivity index (χ0v) is 15.8. The number of hydrogen-bond acceptors (Lipinski definition) is 8. The fourth-order valence-electron chi connectivity index (χ4n) is 2.76. The summed E-state index contributed by atoms with van der Waals surface area (Å²) in [5.74, 6) is 1.92. The van der Waals surface area contributed by atoms with Crippen LogP contribution in [-0.2, 0) is 6.42 Å². The number of aromatic nitrogens is 5. The normalized spacial score (nSPS) is 10.7. The Morgan fingerprint density at radius 3 is 2.55 bits per heavy atom. The Bertz CT molecular complexity index is 1160. The quantitative estimate of drug-likeness (QED) is 0.443. The molecule has 0 spiro atoms. The molecule has 0 aliphatic rings. The minimum atomic E-state index is -0.158. The fraction of sp³-hybridized carbons (Fsp3) is 0.150. The number of methoxy groups -OCH3 is 2. The molecule has 0 atom stereocenters. The summed E-state index contributed by atoms with van der Waals surface area (Å²) in [7, 11) is 3.11. The van der Waals surface area contributed by atoms with Crippen LogP contribution in [-0.4, -0.2) is 44.6 Å². The summed E-state index contributed by atoms with van der Waals surface area (Å²) in [6, 6.07) is 6.84.